The number of β-amino-alcohol motifs (C(OH)–C–C–N with tert-alkyl or cyclic N) is 1. The molecular formula is C13H18N2O2. The summed E-state index contributed by atoms with van der Waals surface area (Å²) in [6.45, 7) is 5.03. The number of nitrogens with zero attached hydrogens (tertiary/aromatic N) is 2. The number of aliphatic hydroxyl groups excluding tert-OH is 1. The molecule has 92 valence electrons. The Bertz CT molecular complexity index is 410. The fourth-order valence-corrected chi connectivity index (χ4v) is 2.37. The van der Waals surface area contributed by atoms with Gasteiger partial charge in [0.1, 0.15) is 0 Å². The van der Waals surface area contributed by atoms with E-state index in [1.54, 1.807) is 23.2 Å². The maximum atomic E-state index is 12.3. The molecule has 1 aliphatic heterocycles. The largest absolute Gasteiger partial charge is 0.391 e. The van der Waals surface area contributed by atoms with Gasteiger partial charge in [-0.25, -0.2) is 0 Å². The van der Waals surface area contributed by atoms with Crippen LogP contribution in [-0.2, 0) is 0 Å². The predicted octanol–water partition coefficient (Wildman–Crippen LogP) is 1.23. The molecule has 1 saturated heterocycles. The van der Waals surface area contributed by atoms with Gasteiger partial charge in [-0.1, -0.05) is 6.92 Å². The molecule has 2 heterocycles. The van der Waals surface area contributed by atoms with Crippen molar-refractivity contribution in [3.8, 4) is 0 Å². The van der Waals surface area contributed by atoms with Crippen LogP contribution in [0, 0.1) is 12.8 Å². The van der Waals surface area contributed by atoms with Gasteiger partial charge < -0.3 is 10.0 Å². The summed E-state index contributed by atoms with van der Waals surface area (Å²) >= 11 is 0. The first-order valence-corrected chi connectivity index (χ1v) is 5.97. The van der Waals surface area contributed by atoms with Gasteiger partial charge in [-0.2, -0.15) is 0 Å². The van der Waals surface area contributed by atoms with Crippen LogP contribution in [0.25, 0.3) is 0 Å². The highest BCUT2D eigenvalue weighted by atomic mass is 16.3. The molecule has 1 fully saturated rings. The van der Waals surface area contributed by atoms with Crippen molar-refractivity contribution in [2.75, 3.05) is 13.1 Å². The van der Waals surface area contributed by atoms with E-state index in [2.05, 4.69) is 11.9 Å². The minimum atomic E-state index is -0.403. The first-order chi connectivity index (χ1) is 8.08. The van der Waals surface area contributed by atoms with Gasteiger partial charge in [-0.3, -0.25) is 9.78 Å². The summed E-state index contributed by atoms with van der Waals surface area (Å²) in [5, 5.41) is 9.71. The van der Waals surface area contributed by atoms with Gasteiger partial charge >= 0.3 is 0 Å². The van der Waals surface area contributed by atoms with Crippen LogP contribution in [0.2, 0.25) is 0 Å². The molecule has 2 atom stereocenters. The Balaban J connectivity index is 2.17. The summed E-state index contributed by atoms with van der Waals surface area (Å²) in [6, 6.07) is 3.56. The number of carbonyl (C=O) groups excluding carboxylic acids is 1. The van der Waals surface area contributed by atoms with Crippen molar-refractivity contribution in [3.05, 3.63) is 29.6 Å². The second-order valence-corrected chi connectivity index (χ2v) is 4.84. The molecule has 4 heteroatoms. The average molecular weight is 234 g/mol. The van der Waals surface area contributed by atoms with Crippen LogP contribution >= 0.6 is 0 Å². The van der Waals surface area contributed by atoms with Crippen molar-refractivity contribution in [2.24, 2.45) is 5.92 Å². The van der Waals surface area contributed by atoms with Crippen molar-refractivity contribution in [3.63, 3.8) is 0 Å². The number of hydrogen-bond acceptors (Lipinski definition) is 3. The quantitative estimate of drug-likeness (QED) is 0.795. The lowest BCUT2D eigenvalue weighted by Gasteiger charge is -2.34. The van der Waals surface area contributed by atoms with Gasteiger partial charge in [0.2, 0.25) is 0 Å². The number of aryl methyl sites for hydroxylation is 1. The zero-order valence-corrected chi connectivity index (χ0v) is 10.3. The van der Waals surface area contributed by atoms with Gasteiger partial charge in [0.25, 0.3) is 5.91 Å². The first kappa shape index (κ1) is 12.0. The number of aliphatic hydroxyl groups is 1. The molecule has 0 bridgehead atoms. The number of carbonyl (C=O) groups is 1. The molecule has 1 aromatic rings. The Hall–Kier alpha value is -1.42. The third-order valence-corrected chi connectivity index (χ3v) is 3.16. The fourth-order valence-electron chi connectivity index (χ4n) is 2.37. The smallest absolute Gasteiger partial charge is 0.255 e. The molecule has 0 radical (unpaired) electrons. The second-order valence-electron chi connectivity index (χ2n) is 4.84. The van der Waals surface area contributed by atoms with Crippen LogP contribution in [-0.4, -0.2) is 40.1 Å². The van der Waals surface area contributed by atoms with E-state index in [4.69, 9.17) is 0 Å². The van der Waals surface area contributed by atoms with Crippen molar-refractivity contribution < 1.29 is 9.90 Å². The van der Waals surface area contributed by atoms with E-state index in [1.807, 2.05) is 6.92 Å². The minimum absolute atomic E-state index is 0.0267. The number of amides is 1. The highest BCUT2D eigenvalue weighted by Crippen LogP contribution is 2.19. The van der Waals surface area contributed by atoms with E-state index >= 15 is 0 Å². The number of hydrogen-bond donors (Lipinski definition) is 1. The molecule has 0 unspecified atom stereocenters. The number of aromatic nitrogens is 1. The van der Waals surface area contributed by atoms with E-state index in [1.165, 1.54) is 0 Å². The number of rotatable bonds is 1. The van der Waals surface area contributed by atoms with Gasteiger partial charge in [0.05, 0.1) is 11.7 Å². The van der Waals surface area contributed by atoms with Crippen molar-refractivity contribution in [1.82, 2.24) is 9.88 Å². The molecule has 2 rings (SSSR count). The summed E-state index contributed by atoms with van der Waals surface area (Å²) in [4.78, 5) is 18.1. The molecular weight excluding hydrogens is 216 g/mol. The molecule has 0 aliphatic carbocycles. The SMILES string of the molecule is Cc1ncccc1C(=O)N1C[C@@H](C)C[C@@H](O)C1. The minimum Gasteiger partial charge on any atom is -0.391 e. The maximum absolute atomic E-state index is 12.3. The third-order valence-electron chi connectivity index (χ3n) is 3.16. The van der Waals surface area contributed by atoms with Crippen LogP contribution in [0.4, 0.5) is 0 Å². The molecule has 1 amide bonds. The zero-order valence-electron chi connectivity index (χ0n) is 10.3. The number of likely N-dealkylation sites (tertiary alicyclic amines) is 1. The molecule has 0 spiro atoms. The van der Waals surface area contributed by atoms with Crippen LogP contribution in [0.15, 0.2) is 18.3 Å². The van der Waals surface area contributed by atoms with E-state index in [0.29, 0.717) is 24.6 Å². The number of pyridine rings is 1. The Labute approximate surface area is 101 Å². The summed E-state index contributed by atoms with van der Waals surface area (Å²) in [7, 11) is 0. The molecule has 17 heavy (non-hydrogen) atoms. The predicted molar refractivity (Wildman–Crippen MR) is 64.7 cm³/mol. The average Bonchev–Trinajstić information content (AvgIpc) is 2.27. The summed E-state index contributed by atoms with van der Waals surface area (Å²) < 4.78 is 0. The normalized spacial score (nSPS) is 24.8. The van der Waals surface area contributed by atoms with Crippen molar-refractivity contribution in [1.29, 1.82) is 0 Å². The highest BCUT2D eigenvalue weighted by Gasteiger charge is 2.27. The van der Waals surface area contributed by atoms with Crippen molar-refractivity contribution in [2.45, 2.75) is 26.4 Å². The third kappa shape index (κ3) is 2.64. The fraction of sp³-hybridized carbons (Fsp3) is 0.538. The van der Waals surface area contributed by atoms with E-state index in [-0.39, 0.29) is 5.91 Å². The Morgan fingerprint density at radius 1 is 1.53 bits per heavy atom. The van der Waals surface area contributed by atoms with E-state index < -0.39 is 6.10 Å². The highest BCUT2D eigenvalue weighted by molar-refractivity contribution is 5.95. The maximum Gasteiger partial charge on any atom is 0.255 e. The van der Waals surface area contributed by atoms with E-state index in [9.17, 15) is 9.90 Å². The van der Waals surface area contributed by atoms with Gasteiger partial charge in [0, 0.05) is 25.0 Å². The summed E-state index contributed by atoms with van der Waals surface area (Å²) in [5.41, 5.74) is 1.37. The van der Waals surface area contributed by atoms with Gasteiger partial charge in [-0.15, -0.1) is 0 Å². The first-order valence-electron chi connectivity index (χ1n) is 5.97. The summed E-state index contributed by atoms with van der Waals surface area (Å²) in [6.07, 6.45) is 2.05. The van der Waals surface area contributed by atoms with Crippen LogP contribution in [0.5, 0.6) is 0 Å². The standard InChI is InChI=1S/C13H18N2O2/c1-9-6-11(16)8-15(7-9)13(17)12-4-3-5-14-10(12)2/h3-5,9,11,16H,6-8H2,1-2H3/t9-,11+/m0/s1. The lowest BCUT2D eigenvalue weighted by molar-refractivity contribution is 0.0338. The molecule has 0 aromatic carbocycles. The zero-order chi connectivity index (χ0) is 12.4. The number of piperidine rings is 1. The molecule has 1 aromatic heterocycles. The molecule has 4 nitrogen and oxygen atoms in total. The molecule has 1 aliphatic rings. The van der Waals surface area contributed by atoms with Crippen LogP contribution in [0.3, 0.4) is 0 Å². The van der Waals surface area contributed by atoms with Gasteiger partial charge in [0.15, 0.2) is 0 Å². The van der Waals surface area contributed by atoms with Crippen LogP contribution < -0.4 is 0 Å². The molecule has 1 N–H and O–H groups in total. The van der Waals surface area contributed by atoms with E-state index in [0.717, 1.165) is 12.1 Å². The lowest BCUT2D eigenvalue weighted by atomic mass is 9.97. The summed E-state index contributed by atoms with van der Waals surface area (Å²) in [5.74, 6) is 0.320. The van der Waals surface area contributed by atoms with Gasteiger partial charge in [-0.05, 0) is 31.4 Å². The monoisotopic (exact) mass is 234 g/mol. The Morgan fingerprint density at radius 2 is 2.29 bits per heavy atom. The second kappa shape index (κ2) is 4.84. The van der Waals surface area contributed by atoms with Crippen LogP contribution in [0.1, 0.15) is 29.4 Å². The Morgan fingerprint density at radius 3 is 2.94 bits per heavy atom. The topological polar surface area (TPSA) is 53.4 Å². The molecule has 0 saturated carbocycles. The Kier molecular flexibility index (Phi) is 3.43. The van der Waals surface area contributed by atoms with Crippen molar-refractivity contribution >= 4 is 5.91 Å². The lowest BCUT2D eigenvalue weighted by Crippen LogP contribution is -2.45.